The highest BCUT2D eigenvalue weighted by Crippen LogP contribution is 2.45. The number of halogens is 1. The summed E-state index contributed by atoms with van der Waals surface area (Å²) < 4.78 is 0. The molecule has 0 spiro atoms. The number of aryl methyl sites for hydroxylation is 1. The van der Waals surface area contributed by atoms with Crippen molar-refractivity contribution in [2.45, 2.75) is 37.4 Å². The fraction of sp³-hybridized carbons (Fsp3) is 0.583. The summed E-state index contributed by atoms with van der Waals surface area (Å²) in [6, 6.07) is 2.06. The van der Waals surface area contributed by atoms with Gasteiger partial charge < -0.3 is 5.73 Å². The van der Waals surface area contributed by atoms with E-state index in [1.54, 1.807) is 6.20 Å². The van der Waals surface area contributed by atoms with Crippen LogP contribution in [0.1, 0.15) is 36.8 Å². The lowest BCUT2D eigenvalue weighted by molar-refractivity contribution is 0.542. The third-order valence-corrected chi connectivity index (χ3v) is 4.86. The third-order valence-electron chi connectivity index (χ3n) is 3.57. The highest BCUT2D eigenvalue weighted by Gasteiger charge is 2.34. The fourth-order valence-corrected chi connectivity index (χ4v) is 3.23. The SMILES string of the molecule is Cc1ccnc(N)c1C1CCC(Br)C1C. The van der Waals surface area contributed by atoms with Crippen molar-refractivity contribution in [2.75, 3.05) is 5.73 Å². The minimum absolute atomic E-state index is 0.572. The summed E-state index contributed by atoms with van der Waals surface area (Å²) >= 11 is 3.73. The second kappa shape index (κ2) is 4.12. The highest BCUT2D eigenvalue weighted by atomic mass is 79.9. The van der Waals surface area contributed by atoms with Crippen LogP contribution in [0.3, 0.4) is 0 Å². The minimum Gasteiger partial charge on any atom is -0.383 e. The topological polar surface area (TPSA) is 38.9 Å². The number of nitrogens with two attached hydrogens (primary N) is 1. The first-order chi connectivity index (χ1) is 7.11. The zero-order valence-electron chi connectivity index (χ0n) is 9.20. The van der Waals surface area contributed by atoms with Crippen molar-refractivity contribution in [3.8, 4) is 0 Å². The van der Waals surface area contributed by atoms with Crippen molar-refractivity contribution in [1.82, 2.24) is 4.98 Å². The van der Waals surface area contributed by atoms with Gasteiger partial charge in [0.15, 0.2) is 0 Å². The van der Waals surface area contributed by atoms with E-state index in [9.17, 15) is 0 Å². The molecule has 15 heavy (non-hydrogen) atoms. The largest absolute Gasteiger partial charge is 0.383 e. The average Bonchev–Trinajstić information content (AvgIpc) is 2.49. The van der Waals surface area contributed by atoms with Gasteiger partial charge in [0.1, 0.15) is 5.82 Å². The monoisotopic (exact) mass is 268 g/mol. The molecule has 0 amide bonds. The molecule has 3 unspecified atom stereocenters. The average molecular weight is 269 g/mol. The molecule has 0 aliphatic heterocycles. The van der Waals surface area contributed by atoms with Gasteiger partial charge in [0.05, 0.1) is 0 Å². The second-order valence-electron chi connectivity index (χ2n) is 4.49. The van der Waals surface area contributed by atoms with Gasteiger partial charge in [-0.25, -0.2) is 4.98 Å². The van der Waals surface area contributed by atoms with Crippen molar-refractivity contribution in [3.05, 3.63) is 23.4 Å². The Balaban J connectivity index is 2.38. The van der Waals surface area contributed by atoms with E-state index in [1.807, 2.05) is 0 Å². The van der Waals surface area contributed by atoms with E-state index in [1.165, 1.54) is 24.0 Å². The molecule has 0 bridgehead atoms. The van der Waals surface area contributed by atoms with Crippen LogP contribution in [-0.4, -0.2) is 9.81 Å². The summed E-state index contributed by atoms with van der Waals surface area (Å²) in [5.74, 6) is 1.94. The number of aromatic nitrogens is 1. The molecule has 0 saturated heterocycles. The molecule has 1 aliphatic rings. The predicted octanol–water partition coefficient (Wildman–Crippen LogP) is 3.25. The number of rotatable bonds is 1. The number of hydrogen-bond acceptors (Lipinski definition) is 2. The van der Waals surface area contributed by atoms with Crippen LogP contribution in [0.4, 0.5) is 5.82 Å². The van der Waals surface area contributed by atoms with E-state index in [0.29, 0.717) is 22.5 Å². The maximum Gasteiger partial charge on any atom is 0.127 e. The Morgan fingerprint density at radius 3 is 2.73 bits per heavy atom. The molecule has 1 saturated carbocycles. The van der Waals surface area contributed by atoms with E-state index in [0.717, 1.165) is 0 Å². The molecule has 1 heterocycles. The predicted molar refractivity (Wildman–Crippen MR) is 67.2 cm³/mol. The van der Waals surface area contributed by atoms with Crippen molar-refractivity contribution < 1.29 is 0 Å². The fourth-order valence-electron chi connectivity index (χ4n) is 2.60. The zero-order chi connectivity index (χ0) is 11.0. The number of nitrogen functional groups attached to an aromatic ring is 1. The zero-order valence-corrected chi connectivity index (χ0v) is 10.8. The Bertz CT molecular complexity index is 344. The Morgan fingerprint density at radius 2 is 2.20 bits per heavy atom. The maximum absolute atomic E-state index is 5.98. The molecule has 2 N–H and O–H groups in total. The Kier molecular flexibility index (Phi) is 3.01. The molecule has 1 aromatic rings. The van der Waals surface area contributed by atoms with Crippen LogP contribution < -0.4 is 5.73 Å². The maximum atomic E-state index is 5.98. The molecular weight excluding hydrogens is 252 g/mol. The normalized spacial score (nSPS) is 30.7. The van der Waals surface area contributed by atoms with Gasteiger partial charge in [0.2, 0.25) is 0 Å². The first kappa shape index (κ1) is 10.9. The number of anilines is 1. The van der Waals surface area contributed by atoms with Crippen molar-refractivity contribution in [2.24, 2.45) is 5.92 Å². The molecule has 3 atom stereocenters. The molecule has 1 aliphatic carbocycles. The van der Waals surface area contributed by atoms with Crippen LogP contribution in [0.5, 0.6) is 0 Å². The molecule has 1 aromatic heterocycles. The lowest BCUT2D eigenvalue weighted by Crippen LogP contribution is -2.12. The number of pyridine rings is 1. The summed E-state index contributed by atoms with van der Waals surface area (Å²) in [5.41, 5.74) is 8.53. The van der Waals surface area contributed by atoms with Crippen LogP contribution in [0, 0.1) is 12.8 Å². The summed E-state index contributed by atoms with van der Waals surface area (Å²) in [6.07, 6.45) is 4.24. The Morgan fingerprint density at radius 1 is 1.47 bits per heavy atom. The van der Waals surface area contributed by atoms with Crippen LogP contribution >= 0.6 is 15.9 Å². The van der Waals surface area contributed by atoms with E-state index in [2.05, 4.69) is 40.8 Å². The van der Waals surface area contributed by atoms with Crippen LogP contribution in [0.15, 0.2) is 12.3 Å². The van der Waals surface area contributed by atoms with Crippen LogP contribution in [0.25, 0.3) is 0 Å². The molecule has 2 rings (SSSR count). The highest BCUT2D eigenvalue weighted by molar-refractivity contribution is 9.09. The summed E-state index contributed by atoms with van der Waals surface area (Å²) in [7, 11) is 0. The van der Waals surface area contributed by atoms with E-state index < -0.39 is 0 Å². The Labute approximate surface area is 99.4 Å². The third kappa shape index (κ3) is 1.89. The van der Waals surface area contributed by atoms with Crippen LogP contribution in [0.2, 0.25) is 0 Å². The van der Waals surface area contributed by atoms with Crippen molar-refractivity contribution in [3.63, 3.8) is 0 Å². The molecule has 0 aromatic carbocycles. The molecule has 1 fully saturated rings. The first-order valence-corrected chi connectivity index (χ1v) is 6.38. The van der Waals surface area contributed by atoms with Gasteiger partial charge in [-0.3, -0.25) is 0 Å². The standard InChI is InChI=1S/C12H17BrN2/c1-7-5-6-15-12(14)11(7)9-3-4-10(13)8(9)2/h5-6,8-10H,3-4H2,1-2H3,(H2,14,15). The second-order valence-corrected chi connectivity index (χ2v) is 5.66. The summed E-state index contributed by atoms with van der Waals surface area (Å²) in [5, 5.41) is 0. The first-order valence-electron chi connectivity index (χ1n) is 5.46. The number of hydrogen-bond donors (Lipinski definition) is 1. The van der Waals surface area contributed by atoms with E-state index in [-0.39, 0.29) is 0 Å². The smallest absolute Gasteiger partial charge is 0.127 e. The van der Waals surface area contributed by atoms with Crippen LogP contribution in [-0.2, 0) is 0 Å². The summed E-state index contributed by atoms with van der Waals surface area (Å²) in [6.45, 7) is 4.42. The van der Waals surface area contributed by atoms with Gasteiger partial charge in [-0.1, -0.05) is 22.9 Å². The molecule has 82 valence electrons. The quantitative estimate of drug-likeness (QED) is 0.795. The van der Waals surface area contributed by atoms with Crippen molar-refractivity contribution in [1.29, 1.82) is 0 Å². The van der Waals surface area contributed by atoms with Gasteiger partial charge in [0, 0.05) is 16.6 Å². The molecule has 2 nitrogen and oxygen atoms in total. The lowest BCUT2D eigenvalue weighted by atomic mass is 9.88. The summed E-state index contributed by atoms with van der Waals surface area (Å²) in [4.78, 5) is 4.83. The van der Waals surface area contributed by atoms with Gasteiger partial charge in [-0.2, -0.15) is 0 Å². The number of alkyl halides is 1. The van der Waals surface area contributed by atoms with Gasteiger partial charge in [0.25, 0.3) is 0 Å². The Hall–Kier alpha value is -0.570. The van der Waals surface area contributed by atoms with E-state index >= 15 is 0 Å². The molecular formula is C12H17BrN2. The van der Waals surface area contributed by atoms with Crippen molar-refractivity contribution >= 4 is 21.7 Å². The molecule has 0 radical (unpaired) electrons. The lowest BCUT2D eigenvalue weighted by Gasteiger charge is -2.20. The van der Waals surface area contributed by atoms with Gasteiger partial charge in [-0.15, -0.1) is 0 Å². The van der Waals surface area contributed by atoms with Gasteiger partial charge in [-0.05, 0) is 43.2 Å². The van der Waals surface area contributed by atoms with Gasteiger partial charge >= 0.3 is 0 Å². The van der Waals surface area contributed by atoms with E-state index in [4.69, 9.17) is 5.73 Å². The number of nitrogens with zero attached hydrogens (tertiary/aromatic N) is 1. The molecule has 3 heteroatoms. The minimum atomic E-state index is 0.572.